The van der Waals surface area contributed by atoms with Gasteiger partial charge >= 0.3 is 6.09 Å². The molecule has 2 rings (SSSR count). The molecule has 1 aromatic carbocycles. The lowest BCUT2D eigenvalue weighted by molar-refractivity contribution is 0.0800. The Morgan fingerprint density at radius 3 is 2.73 bits per heavy atom. The second kappa shape index (κ2) is 8.92. The van der Waals surface area contributed by atoms with Gasteiger partial charge in [0.15, 0.2) is 0 Å². The minimum absolute atomic E-state index is 0.275. The molecule has 4 nitrogen and oxygen atoms in total. The highest BCUT2D eigenvalue weighted by Gasteiger charge is 2.16. The number of ether oxygens (including phenoxy) is 2. The van der Waals surface area contributed by atoms with Crippen LogP contribution in [0.4, 0.5) is 4.79 Å². The maximum atomic E-state index is 12.3. The number of halogens is 1. The van der Waals surface area contributed by atoms with Crippen LogP contribution in [0, 0.1) is 0 Å². The molecule has 0 aliphatic heterocycles. The number of rotatable bonds is 7. The molecule has 0 radical (unpaired) electrons. The number of hydrogen-bond donors (Lipinski definition) is 0. The minimum atomic E-state index is -0.328. The summed E-state index contributed by atoms with van der Waals surface area (Å²) < 4.78 is 11.5. The van der Waals surface area contributed by atoms with Gasteiger partial charge in [-0.1, -0.05) is 30.3 Å². The van der Waals surface area contributed by atoms with Crippen molar-refractivity contribution in [2.75, 3.05) is 20.3 Å². The zero-order valence-electron chi connectivity index (χ0n) is 12.3. The SMILES string of the molecule is COCCN(Cc1cc(Br)cs1)C(=O)OCc1ccccc1. The maximum absolute atomic E-state index is 12.3. The molecule has 0 aliphatic carbocycles. The summed E-state index contributed by atoms with van der Waals surface area (Å²) in [6, 6.07) is 11.7. The zero-order chi connectivity index (χ0) is 15.8. The smallest absolute Gasteiger partial charge is 0.410 e. The normalized spacial score (nSPS) is 10.5. The van der Waals surface area contributed by atoms with Crippen LogP contribution in [0.15, 0.2) is 46.3 Å². The lowest BCUT2D eigenvalue weighted by Gasteiger charge is -2.21. The molecule has 1 aromatic heterocycles. The number of carbonyl (C=O) groups excluding carboxylic acids is 1. The third kappa shape index (κ3) is 5.44. The van der Waals surface area contributed by atoms with Crippen molar-refractivity contribution in [3.8, 4) is 0 Å². The Morgan fingerprint density at radius 2 is 2.09 bits per heavy atom. The van der Waals surface area contributed by atoms with Crippen molar-refractivity contribution in [1.82, 2.24) is 4.90 Å². The van der Waals surface area contributed by atoms with Gasteiger partial charge in [-0.3, -0.25) is 0 Å². The number of carbonyl (C=O) groups is 1. The Labute approximate surface area is 142 Å². The number of amides is 1. The molecule has 1 heterocycles. The van der Waals surface area contributed by atoms with Crippen molar-refractivity contribution in [3.63, 3.8) is 0 Å². The first-order valence-corrected chi connectivity index (χ1v) is 8.54. The van der Waals surface area contributed by atoms with Crippen LogP contribution in [0.5, 0.6) is 0 Å². The Bertz CT molecular complexity index is 588. The molecule has 0 fully saturated rings. The highest BCUT2D eigenvalue weighted by atomic mass is 79.9. The summed E-state index contributed by atoms with van der Waals surface area (Å²) in [7, 11) is 1.62. The molecule has 22 heavy (non-hydrogen) atoms. The van der Waals surface area contributed by atoms with Crippen LogP contribution in [-0.2, 0) is 22.6 Å². The summed E-state index contributed by atoms with van der Waals surface area (Å²) in [5.41, 5.74) is 0.974. The van der Waals surface area contributed by atoms with Crippen LogP contribution in [0.1, 0.15) is 10.4 Å². The highest BCUT2D eigenvalue weighted by molar-refractivity contribution is 9.10. The summed E-state index contributed by atoms with van der Waals surface area (Å²) in [6.45, 7) is 1.77. The summed E-state index contributed by atoms with van der Waals surface area (Å²) >= 11 is 5.03. The molecular weight excluding hydrogens is 366 g/mol. The third-order valence-electron chi connectivity index (χ3n) is 3.00. The molecule has 0 unspecified atom stereocenters. The quantitative estimate of drug-likeness (QED) is 0.715. The summed E-state index contributed by atoms with van der Waals surface area (Å²) in [6.07, 6.45) is -0.328. The molecule has 0 spiro atoms. The molecule has 0 atom stereocenters. The van der Waals surface area contributed by atoms with E-state index in [2.05, 4.69) is 15.9 Å². The Balaban J connectivity index is 1.93. The van der Waals surface area contributed by atoms with E-state index in [-0.39, 0.29) is 12.7 Å². The Kier molecular flexibility index (Phi) is 6.89. The first-order chi connectivity index (χ1) is 10.7. The van der Waals surface area contributed by atoms with Gasteiger partial charge in [-0.15, -0.1) is 11.3 Å². The van der Waals surface area contributed by atoms with Gasteiger partial charge in [-0.05, 0) is 27.6 Å². The predicted molar refractivity (Wildman–Crippen MR) is 90.9 cm³/mol. The molecule has 6 heteroatoms. The first-order valence-electron chi connectivity index (χ1n) is 6.86. The lowest BCUT2D eigenvalue weighted by Crippen LogP contribution is -2.33. The molecule has 2 aromatic rings. The lowest BCUT2D eigenvalue weighted by atomic mass is 10.2. The molecule has 118 valence electrons. The Hall–Kier alpha value is -1.37. The topological polar surface area (TPSA) is 38.8 Å². The van der Waals surface area contributed by atoms with Gasteiger partial charge in [0.25, 0.3) is 0 Å². The van der Waals surface area contributed by atoms with Crippen molar-refractivity contribution in [1.29, 1.82) is 0 Å². The van der Waals surface area contributed by atoms with Crippen LogP contribution in [0.25, 0.3) is 0 Å². The molecule has 0 saturated carbocycles. The van der Waals surface area contributed by atoms with E-state index in [0.717, 1.165) is 14.9 Å². The van der Waals surface area contributed by atoms with Crippen LogP contribution in [-0.4, -0.2) is 31.3 Å². The Morgan fingerprint density at radius 1 is 1.32 bits per heavy atom. The zero-order valence-corrected chi connectivity index (χ0v) is 14.7. The molecule has 0 saturated heterocycles. The monoisotopic (exact) mass is 383 g/mol. The number of hydrogen-bond acceptors (Lipinski definition) is 4. The summed E-state index contributed by atoms with van der Waals surface area (Å²) in [5.74, 6) is 0. The van der Waals surface area contributed by atoms with Gasteiger partial charge in [-0.2, -0.15) is 0 Å². The maximum Gasteiger partial charge on any atom is 0.410 e. The number of benzene rings is 1. The number of methoxy groups -OCH3 is 1. The molecule has 0 aliphatic rings. The van der Waals surface area contributed by atoms with E-state index in [0.29, 0.717) is 19.7 Å². The number of nitrogens with zero attached hydrogens (tertiary/aromatic N) is 1. The van der Waals surface area contributed by atoms with Crippen LogP contribution in [0.3, 0.4) is 0 Å². The van der Waals surface area contributed by atoms with Crippen molar-refractivity contribution in [3.05, 3.63) is 56.7 Å². The van der Waals surface area contributed by atoms with Gasteiger partial charge in [-0.25, -0.2) is 4.79 Å². The minimum Gasteiger partial charge on any atom is -0.445 e. The fourth-order valence-corrected chi connectivity index (χ4v) is 3.34. The molecular formula is C16H18BrNO3S. The fourth-order valence-electron chi connectivity index (χ4n) is 1.87. The van der Waals surface area contributed by atoms with Gasteiger partial charge in [0.2, 0.25) is 0 Å². The summed E-state index contributed by atoms with van der Waals surface area (Å²) in [4.78, 5) is 15.0. The third-order valence-corrected chi connectivity index (χ3v) is 4.68. The van der Waals surface area contributed by atoms with E-state index in [1.165, 1.54) is 0 Å². The second-order valence-corrected chi connectivity index (χ2v) is 6.60. The van der Waals surface area contributed by atoms with E-state index in [4.69, 9.17) is 9.47 Å². The summed E-state index contributed by atoms with van der Waals surface area (Å²) in [5, 5.41) is 2.00. The second-order valence-electron chi connectivity index (χ2n) is 4.69. The van der Waals surface area contributed by atoms with Crippen LogP contribution < -0.4 is 0 Å². The van der Waals surface area contributed by atoms with Crippen molar-refractivity contribution < 1.29 is 14.3 Å². The standard InChI is InChI=1S/C16H18BrNO3S/c1-20-8-7-18(10-15-9-14(17)12-22-15)16(19)21-11-13-5-3-2-4-6-13/h2-6,9,12H,7-8,10-11H2,1H3. The van der Waals surface area contributed by atoms with Crippen LogP contribution in [0.2, 0.25) is 0 Å². The van der Waals surface area contributed by atoms with Crippen molar-refractivity contribution in [2.45, 2.75) is 13.2 Å². The van der Waals surface area contributed by atoms with Gasteiger partial charge in [0.05, 0.1) is 13.2 Å². The fraction of sp³-hybridized carbons (Fsp3) is 0.312. The molecule has 1 amide bonds. The average molecular weight is 384 g/mol. The number of thiophene rings is 1. The van der Waals surface area contributed by atoms with Gasteiger partial charge in [0, 0.05) is 28.4 Å². The van der Waals surface area contributed by atoms with E-state index in [1.54, 1.807) is 23.3 Å². The molecule has 0 bridgehead atoms. The largest absolute Gasteiger partial charge is 0.445 e. The van der Waals surface area contributed by atoms with E-state index in [1.807, 2.05) is 41.8 Å². The van der Waals surface area contributed by atoms with Crippen LogP contribution >= 0.6 is 27.3 Å². The van der Waals surface area contributed by atoms with E-state index < -0.39 is 0 Å². The molecule has 0 N–H and O–H groups in total. The first kappa shape index (κ1) is 17.0. The van der Waals surface area contributed by atoms with Gasteiger partial charge < -0.3 is 14.4 Å². The van der Waals surface area contributed by atoms with E-state index in [9.17, 15) is 4.79 Å². The van der Waals surface area contributed by atoms with Crippen molar-refractivity contribution >= 4 is 33.4 Å². The van der Waals surface area contributed by atoms with Crippen molar-refractivity contribution in [2.24, 2.45) is 0 Å². The van der Waals surface area contributed by atoms with Gasteiger partial charge in [0.1, 0.15) is 6.61 Å². The van der Waals surface area contributed by atoms with E-state index >= 15 is 0 Å². The highest BCUT2D eigenvalue weighted by Crippen LogP contribution is 2.21. The average Bonchev–Trinajstić information content (AvgIpc) is 2.95. The predicted octanol–water partition coefficient (Wildman–Crippen LogP) is 4.30.